The fourth-order valence-corrected chi connectivity index (χ4v) is 16.8. The van der Waals surface area contributed by atoms with Crippen molar-refractivity contribution in [2.45, 2.75) is 0 Å². The standard InChI is InChI=1S/C60H39N3Si/c1-4-18-40(19-5-1)61-55-35-32-42(62-52-28-14-10-24-45(52)46-25-11-15-29-53(46)62)38-51(55)59-56(61)37-34-49-50-39-44(33-36-54(50)63(60(49)59)41-20-6-2-7-21-41)64(43-22-8-3-9-23-43)57-30-16-12-26-47(57)48-27-13-17-31-58(48)64/h1-39H. The lowest BCUT2D eigenvalue weighted by atomic mass is 10.1. The molecule has 0 N–H and O–H groups in total. The van der Waals surface area contributed by atoms with E-state index >= 15 is 0 Å². The van der Waals surface area contributed by atoms with E-state index in [2.05, 4.69) is 250 Å². The Kier molecular flexibility index (Phi) is 7.42. The zero-order valence-electron chi connectivity index (χ0n) is 34.9. The molecule has 0 saturated heterocycles. The molecular formula is C60H39N3Si. The molecule has 64 heavy (non-hydrogen) atoms. The Morgan fingerprint density at radius 3 is 1.41 bits per heavy atom. The maximum Gasteiger partial charge on any atom is 0.180 e. The second kappa shape index (κ2) is 13.4. The highest BCUT2D eigenvalue weighted by atomic mass is 28.3. The molecule has 14 rings (SSSR count). The van der Waals surface area contributed by atoms with Crippen LogP contribution >= 0.6 is 0 Å². The van der Waals surface area contributed by atoms with Crippen LogP contribution in [0.3, 0.4) is 0 Å². The van der Waals surface area contributed by atoms with Gasteiger partial charge in [-0.2, -0.15) is 0 Å². The highest BCUT2D eigenvalue weighted by Crippen LogP contribution is 2.43. The van der Waals surface area contributed by atoms with Gasteiger partial charge in [0.25, 0.3) is 0 Å². The number of nitrogens with zero attached hydrogens (tertiary/aromatic N) is 3. The third-order valence-corrected chi connectivity index (χ3v) is 19.0. The average Bonchev–Trinajstić information content (AvgIpc) is 4.08. The number of benzene rings is 10. The molecule has 4 heteroatoms. The Balaban J connectivity index is 1.14. The van der Waals surface area contributed by atoms with E-state index in [1.807, 2.05) is 0 Å². The number of aromatic nitrogens is 3. The van der Waals surface area contributed by atoms with Gasteiger partial charge < -0.3 is 13.7 Å². The SMILES string of the molecule is c1ccc(-n2c3ccc(-n4c5ccccc5c5ccccc54)cc3c3c2ccc2c4cc([Si]5(c6ccccc6)c6ccccc6-c6ccccc65)ccc4n(-c4ccccc4)c23)cc1. The van der Waals surface area contributed by atoms with Crippen molar-refractivity contribution in [2.75, 3.05) is 0 Å². The first-order valence-electron chi connectivity index (χ1n) is 22.2. The normalized spacial score (nSPS) is 13.1. The minimum absolute atomic E-state index is 1.14. The number of rotatable bonds is 5. The molecule has 0 amide bonds. The molecule has 0 unspecified atom stereocenters. The predicted molar refractivity (Wildman–Crippen MR) is 272 cm³/mol. The van der Waals surface area contributed by atoms with Gasteiger partial charge in [0.1, 0.15) is 0 Å². The molecule has 0 aliphatic carbocycles. The third kappa shape index (κ3) is 4.70. The quantitative estimate of drug-likeness (QED) is 0.154. The first-order chi connectivity index (χ1) is 31.8. The van der Waals surface area contributed by atoms with E-state index in [4.69, 9.17) is 0 Å². The molecule has 0 bridgehead atoms. The highest BCUT2D eigenvalue weighted by Gasteiger charge is 2.48. The van der Waals surface area contributed by atoms with Gasteiger partial charge in [0.2, 0.25) is 0 Å². The molecule has 1 aliphatic rings. The van der Waals surface area contributed by atoms with Crippen molar-refractivity contribution in [3.05, 3.63) is 237 Å². The summed E-state index contributed by atoms with van der Waals surface area (Å²) in [6.45, 7) is 0. The highest BCUT2D eigenvalue weighted by molar-refractivity contribution is 7.22. The van der Waals surface area contributed by atoms with Crippen LogP contribution in [0.5, 0.6) is 0 Å². The van der Waals surface area contributed by atoms with E-state index in [0.29, 0.717) is 0 Å². The Labute approximate surface area is 370 Å². The smallest absolute Gasteiger partial charge is 0.180 e. The zero-order valence-corrected chi connectivity index (χ0v) is 35.9. The fraction of sp³-hybridized carbons (Fsp3) is 0. The monoisotopic (exact) mass is 829 g/mol. The van der Waals surface area contributed by atoms with Crippen LogP contribution in [0.2, 0.25) is 0 Å². The van der Waals surface area contributed by atoms with Crippen LogP contribution in [0.15, 0.2) is 237 Å². The molecule has 3 aromatic heterocycles. The maximum atomic E-state index is 2.57. The van der Waals surface area contributed by atoms with E-state index in [0.717, 1.165) is 17.1 Å². The topological polar surface area (TPSA) is 14.8 Å². The first kappa shape index (κ1) is 35.4. The van der Waals surface area contributed by atoms with Crippen molar-refractivity contribution in [3.63, 3.8) is 0 Å². The molecule has 1 aliphatic heterocycles. The van der Waals surface area contributed by atoms with Crippen LogP contribution in [0.1, 0.15) is 0 Å². The van der Waals surface area contributed by atoms with Crippen LogP contribution < -0.4 is 20.7 Å². The van der Waals surface area contributed by atoms with Gasteiger partial charge in [0.05, 0.1) is 33.1 Å². The van der Waals surface area contributed by atoms with Gasteiger partial charge in [-0.05, 0) is 98.6 Å². The second-order valence-corrected chi connectivity index (χ2v) is 20.9. The molecule has 0 saturated carbocycles. The van der Waals surface area contributed by atoms with Crippen LogP contribution in [-0.4, -0.2) is 21.8 Å². The first-order valence-corrected chi connectivity index (χ1v) is 24.2. The lowest BCUT2D eigenvalue weighted by Gasteiger charge is -2.31. The Bertz CT molecular complexity index is 3910. The van der Waals surface area contributed by atoms with E-state index in [1.54, 1.807) is 0 Å². The van der Waals surface area contributed by atoms with Crippen molar-refractivity contribution in [1.29, 1.82) is 0 Å². The Hall–Kier alpha value is -8.18. The van der Waals surface area contributed by atoms with Gasteiger partial charge in [-0.3, -0.25) is 0 Å². The molecule has 298 valence electrons. The summed E-state index contributed by atoms with van der Waals surface area (Å²) in [6, 6.07) is 88.4. The summed E-state index contributed by atoms with van der Waals surface area (Å²) in [5.41, 5.74) is 13.3. The van der Waals surface area contributed by atoms with E-state index in [9.17, 15) is 0 Å². The summed E-state index contributed by atoms with van der Waals surface area (Å²) in [7, 11) is -2.74. The van der Waals surface area contributed by atoms with Crippen molar-refractivity contribution in [2.24, 2.45) is 0 Å². The van der Waals surface area contributed by atoms with Gasteiger partial charge in [0.15, 0.2) is 8.07 Å². The predicted octanol–water partition coefficient (Wildman–Crippen LogP) is 12.3. The molecule has 10 aromatic carbocycles. The van der Waals surface area contributed by atoms with Crippen LogP contribution in [0, 0.1) is 0 Å². The fourth-order valence-electron chi connectivity index (χ4n) is 11.6. The van der Waals surface area contributed by atoms with Gasteiger partial charge in [-0.15, -0.1) is 0 Å². The number of hydrogen-bond acceptors (Lipinski definition) is 0. The van der Waals surface area contributed by atoms with Crippen LogP contribution in [0.25, 0.3) is 93.6 Å². The lowest BCUT2D eigenvalue weighted by molar-refractivity contribution is 1.16. The van der Waals surface area contributed by atoms with Gasteiger partial charge >= 0.3 is 0 Å². The molecule has 13 aromatic rings. The largest absolute Gasteiger partial charge is 0.309 e. The van der Waals surface area contributed by atoms with Crippen LogP contribution in [0.4, 0.5) is 0 Å². The summed E-state index contributed by atoms with van der Waals surface area (Å²) in [5, 5.41) is 13.2. The van der Waals surface area contributed by atoms with Crippen molar-refractivity contribution < 1.29 is 0 Å². The van der Waals surface area contributed by atoms with E-state index in [-0.39, 0.29) is 0 Å². The second-order valence-electron chi connectivity index (χ2n) is 17.2. The molecule has 0 atom stereocenters. The summed E-state index contributed by atoms with van der Waals surface area (Å²) < 4.78 is 7.44. The summed E-state index contributed by atoms with van der Waals surface area (Å²) in [5.74, 6) is 0. The molecule has 0 fully saturated rings. The lowest BCUT2D eigenvalue weighted by Crippen LogP contribution is -2.72. The van der Waals surface area contributed by atoms with E-state index < -0.39 is 8.07 Å². The summed E-state index contributed by atoms with van der Waals surface area (Å²) in [4.78, 5) is 0. The van der Waals surface area contributed by atoms with Gasteiger partial charge in [0, 0.05) is 49.4 Å². The Morgan fingerprint density at radius 2 is 0.750 bits per heavy atom. The minimum Gasteiger partial charge on any atom is -0.309 e. The molecule has 0 radical (unpaired) electrons. The number of hydrogen-bond donors (Lipinski definition) is 0. The molecule has 4 heterocycles. The molecule has 3 nitrogen and oxygen atoms in total. The molecule has 0 spiro atoms. The number of para-hydroxylation sites is 4. The average molecular weight is 830 g/mol. The molecular weight excluding hydrogens is 791 g/mol. The number of fused-ring (bicyclic) bond motifs is 13. The maximum absolute atomic E-state index is 2.74. The van der Waals surface area contributed by atoms with Crippen molar-refractivity contribution >= 4 is 94.2 Å². The zero-order chi connectivity index (χ0) is 41.9. The van der Waals surface area contributed by atoms with Gasteiger partial charge in [-0.25, -0.2) is 0 Å². The van der Waals surface area contributed by atoms with E-state index in [1.165, 1.54) is 97.3 Å². The third-order valence-electron chi connectivity index (χ3n) is 14.1. The van der Waals surface area contributed by atoms with Gasteiger partial charge in [-0.1, -0.05) is 170 Å². The summed E-state index contributed by atoms with van der Waals surface area (Å²) >= 11 is 0. The minimum atomic E-state index is -2.74. The summed E-state index contributed by atoms with van der Waals surface area (Å²) in [6.07, 6.45) is 0. The van der Waals surface area contributed by atoms with Crippen molar-refractivity contribution in [1.82, 2.24) is 13.7 Å². The van der Waals surface area contributed by atoms with Crippen LogP contribution in [-0.2, 0) is 0 Å². The Morgan fingerprint density at radius 1 is 0.266 bits per heavy atom. The van der Waals surface area contributed by atoms with Crippen molar-refractivity contribution in [3.8, 4) is 28.2 Å².